The molecule has 56 valence electrons. The monoisotopic (exact) mass is 280 g/mol. The molecule has 0 N–H and O–H groups in total. The van der Waals surface area contributed by atoms with Crippen LogP contribution in [-0.2, 0) is 0 Å². The number of hydrogen-bond acceptors (Lipinski definition) is 6. The van der Waals surface area contributed by atoms with Crippen molar-refractivity contribution in [2.24, 2.45) is 0 Å². The third-order valence-corrected chi connectivity index (χ3v) is 0. The van der Waals surface area contributed by atoms with Crippen molar-refractivity contribution in [1.29, 1.82) is 0 Å². The summed E-state index contributed by atoms with van der Waals surface area (Å²) in [5, 5.41) is 33.3. The Kier molecular flexibility index (Phi) is 35.9. The Labute approximate surface area is 76.8 Å². The molecule has 8 heteroatoms. The first-order valence-electron chi connectivity index (χ1n) is 1.22. The smallest absolute Gasteiger partial charge is 0.652 e. The fourth-order valence-corrected chi connectivity index (χ4v) is 0. The van der Waals surface area contributed by atoms with E-state index in [-0.39, 0.29) is 34.1 Å². The Morgan fingerprint density at radius 1 is 0.700 bits per heavy atom. The van der Waals surface area contributed by atoms with Crippen molar-refractivity contribution >= 4 is 46.4 Å². The number of carbonyl (C=O) groups excluding carboxylic acids is 2. The van der Waals surface area contributed by atoms with E-state index < -0.39 is 12.3 Å². The van der Waals surface area contributed by atoms with Crippen LogP contribution in [-0.4, -0.2) is 46.4 Å². The van der Waals surface area contributed by atoms with E-state index in [9.17, 15) is 0 Å². The topological polar surface area (TPSA) is 126 Å². The van der Waals surface area contributed by atoms with Crippen LogP contribution in [0, 0.1) is 0 Å². The van der Waals surface area contributed by atoms with Gasteiger partial charge in [0.05, 0.1) is 0 Å². The van der Waals surface area contributed by atoms with E-state index in [1.54, 1.807) is 0 Å². The molecule has 8 radical (unpaired) electrons. The summed E-state index contributed by atoms with van der Waals surface area (Å²) in [7, 11) is 0. The molecule has 0 saturated heterocycles. The fraction of sp³-hybridized carbons (Fsp3) is 0. The van der Waals surface area contributed by atoms with Crippen LogP contribution in [0.5, 0.6) is 0 Å². The maximum Gasteiger partial charge on any atom is 2.00 e. The second kappa shape index (κ2) is 15.8. The summed E-state index contributed by atoms with van der Waals surface area (Å²) in [5.41, 5.74) is 0. The molecule has 0 atom stereocenters. The van der Waals surface area contributed by atoms with Crippen molar-refractivity contribution in [3.8, 4) is 0 Å². The van der Waals surface area contributed by atoms with E-state index in [1.807, 2.05) is 0 Å². The molecule has 0 amide bonds. The largest absolute Gasteiger partial charge is 2.00 e. The molecule has 0 aromatic heterocycles. The minimum absolute atomic E-state index is 0. The predicted octanol–water partition coefficient (Wildman–Crippen LogP) is -5.66. The number of carboxylic acid groups (broad SMARTS) is 4. The minimum Gasteiger partial charge on any atom is -0.652 e. The average molecular weight is 278 g/mol. The first kappa shape index (κ1) is 22.7. The Morgan fingerprint density at radius 3 is 0.700 bits per heavy atom. The Bertz CT molecular complexity index is 71.7. The number of hydrogen-bond donors (Lipinski definition) is 0. The van der Waals surface area contributed by atoms with Crippen LogP contribution >= 0.6 is 0 Å². The van der Waals surface area contributed by atoms with Gasteiger partial charge in [0.15, 0.2) is 0 Å². The van der Waals surface area contributed by atoms with Crippen molar-refractivity contribution in [1.82, 2.24) is 0 Å². The van der Waals surface area contributed by atoms with Crippen molar-refractivity contribution in [2.45, 2.75) is 0 Å². The molecule has 0 aliphatic heterocycles. The van der Waals surface area contributed by atoms with E-state index in [4.69, 9.17) is 30.0 Å². The molecular weight excluding hydrogens is 278 g/mol. The summed E-state index contributed by atoms with van der Waals surface area (Å²) in [5.74, 6) is 0. The third kappa shape index (κ3) is 1850. The van der Waals surface area contributed by atoms with Gasteiger partial charge in [0.25, 0.3) is 0 Å². The van der Waals surface area contributed by atoms with Gasteiger partial charge < -0.3 is 30.0 Å². The molecular formula is C2O6Se2. The van der Waals surface area contributed by atoms with Crippen molar-refractivity contribution in [3.05, 3.63) is 0 Å². The van der Waals surface area contributed by atoms with Crippen LogP contribution < -0.4 is 20.4 Å². The van der Waals surface area contributed by atoms with Gasteiger partial charge in [-0.2, -0.15) is 0 Å². The molecule has 0 spiro atoms. The first-order valence-corrected chi connectivity index (χ1v) is 1.22. The molecule has 10 heavy (non-hydrogen) atoms. The van der Waals surface area contributed by atoms with E-state index in [1.165, 1.54) is 0 Å². The third-order valence-electron chi connectivity index (χ3n) is 0. The number of carbonyl (C=O) groups is 2. The van der Waals surface area contributed by atoms with Gasteiger partial charge in [0.2, 0.25) is 0 Å². The molecule has 0 bridgehead atoms. The van der Waals surface area contributed by atoms with Crippen LogP contribution in [0.3, 0.4) is 0 Å². The zero-order valence-corrected chi connectivity index (χ0v) is 7.69. The van der Waals surface area contributed by atoms with Crippen LogP contribution in [0.25, 0.3) is 0 Å². The molecule has 0 aromatic carbocycles. The maximum absolute atomic E-state index is 8.33. The molecule has 0 aromatic rings. The second-order valence-corrected chi connectivity index (χ2v) is 0.500. The van der Waals surface area contributed by atoms with Gasteiger partial charge in [-0.05, 0) is 12.3 Å². The van der Waals surface area contributed by atoms with Gasteiger partial charge in [-0.3, -0.25) is 0 Å². The Morgan fingerprint density at radius 2 is 0.700 bits per heavy atom. The Hall–Kier alpha value is -0.421. The van der Waals surface area contributed by atoms with Crippen LogP contribution in [0.2, 0.25) is 0 Å². The van der Waals surface area contributed by atoms with Crippen LogP contribution in [0.4, 0.5) is 9.59 Å². The standard InChI is InChI=1S/2CH2O3.2Se/c2*2-1(3)4;;/h2*(H2,2,3,4);;/q;;2*+2/p-4. The predicted molar refractivity (Wildman–Crippen MR) is 22.3 cm³/mol. The Balaban J connectivity index is -0.0000000300. The van der Waals surface area contributed by atoms with Gasteiger partial charge >= 0.3 is 34.1 Å². The van der Waals surface area contributed by atoms with Crippen molar-refractivity contribution in [3.63, 3.8) is 0 Å². The summed E-state index contributed by atoms with van der Waals surface area (Å²) >= 11 is 0. The van der Waals surface area contributed by atoms with Crippen molar-refractivity contribution in [2.75, 3.05) is 0 Å². The fourth-order valence-electron chi connectivity index (χ4n) is 0. The number of rotatable bonds is 0. The molecule has 0 unspecified atom stereocenters. The van der Waals surface area contributed by atoms with Crippen molar-refractivity contribution < 1.29 is 30.0 Å². The normalized spacial score (nSPS) is 4.80. The SMILES string of the molecule is O=C([O-])[O-].O=C([O-])[O-].[Se+2].[Se+2]. The quantitative estimate of drug-likeness (QED) is 0.406. The molecule has 0 aliphatic carbocycles. The van der Waals surface area contributed by atoms with Gasteiger partial charge in [0, 0.05) is 0 Å². The molecule has 0 rings (SSSR count). The minimum atomic E-state index is -2.33. The molecule has 0 heterocycles. The van der Waals surface area contributed by atoms with E-state index in [0.29, 0.717) is 0 Å². The molecule has 0 fully saturated rings. The van der Waals surface area contributed by atoms with Crippen LogP contribution in [0.15, 0.2) is 0 Å². The van der Waals surface area contributed by atoms with E-state index in [0.717, 1.165) is 0 Å². The summed E-state index contributed by atoms with van der Waals surface area (Å²) < 4.78 is 0. The molecule has 0 aliphatic rings. The molecule has 0 saturated carbocycles. The first-order chi connectivity index (χ1) is 3.46. The zero-order chi connectivity index (χ0) is 7.15. The summed E-state index contributed by atoms with van der Waals surface area (Å²) in [6.45, 7) is 0. The van der Waals surface area contributed by atoms with Crippen LogP contribution in [0.1, 0.15) is 0 Å². The zero-order valence-electron chi connectivity index (χ0n) is 4.27. The van der Waals surface area contributed by atoms with Gasteiger partial charge in [0.1, 0.15) is 0 Å². The van der Waals surface area contributed by atoms with Gasteiger partial charge in [-0.1, -0.05) is 0 Å². The average Bonchev–Trinajstić information content (AvgIpc) is 1.25. The summed E-state index contributed by atoms with van der Waals surface area (Å²) in [6.07, 6.45) is -4.67. The maximum atomic E-state index is 8.33. The molecule has 6 nitrogen and oxygen atoms in total. The van der Waals surface area contributed by atoms with Gasteiger partial charge in [-0.25, -0.2) is 0 Å². The summed E-state index contributed by atoms with van der Waals surface area (Å²) in [6, 6.07) is 0. The van der Waals surface area contributed by atoms with E-state index >= 15 is 0 Å². The summed E-state index contributed by atoms with van der Waals surface area (Å²) in [4.78, 5) is 16.7. The van der Waals surface area contributed by atoms with Gasteiger partial charge in [-0.15, -0.1) is 0 Å². The van der Waals surface area contributed by atoms with E-state index in [2.05, 4.69) is 0 Å². The second-order valence-electron chi connectivity index (χ2n) is 0.500.